The number of likely N-dealkylation sites (tertiary alicyclic amines) is 1. The number of carbonyl (C=O) groups excluding carboxylic acids is 2. The van der Waals surface area contributed by atoms with Gasteiger partial charge in [-0.3, -0.25) is 14.6 Å². The third-order valence-electron chi connectivity index (χ3n) is 5.03. The van der Waals surface area contributed by atoms with E-state index in [4.69, 9.17) is 12.3 Å². The maximum absolute atomic E-state index is 13.4. The van der Waals surface area contributed by atoms with Crippen molar-refractivity contribution in [1.82, 2.24) is 15.4 Å². The minimum atomic E-state index is -0.883. The molecule has 0 bridgehead atoms. The molecule has 2 aliphatic heterocycles. The molecule has 3 rings (SSSR count). The van der Waals surface area contributed by atoms with Crippen LogP contribution in [0.5, 0.6) is 0 Å². The van der Waals surface area contributed by atoms with Gasteiger partial charge in [-0.15, -0.1) is 0 Å². The number of aromatic nitrogens is 1. The van der Waals surface area contributed by atoms with E-state index in [1.54, 1.807) is 24.8 Å². The van der Waals surface area contributed by atoms with E-state index in [2.05, 4.69) is 15.5 Å². The first-order valence-corrected chi connectivity index (χ1v) is 9.05. The van der Waals surface area contributed by atoms with Crippen LogP contribution in [0, 0.1) is 5.92 Å². The van der Waals surface area contributed by atoms with Crippen LogP contribution in [-0.2, 0) is 9.59 Å². The fourth-order valence-corrected chi connectivity index (χ4v) is 3.57. The summed E-state index contributed by atoms with van der Waals surface area (Å²) in [6.45, 7) is 7.42. The smallest absolute Gasteiger partial charge is 0.252 e. The highest BCUT2D eigenvalue weighted by molar-refractivity contribution is 6.97. The van der Waals surface area contributed by atoms with Gasteiger partial charge >= 0.3 is 0 Å². The molecule has 3 atom stereocenters. The fraction of sp³-hybridized carbons (Fsp3) is 0.647. The average Bonchev–Trinajstić information content (AvgIpc) is 3.26. The molecule has 2 N–H and O–H groups in total. The molecule has 8 nitrogen and oxygen atoms in total. The molecule has 1 unspecified atom stereocenters. The van der Waals surface area contributed by atoms with E-state index in [1.807, 2.05) is 13.8 Å². The summed E-state index contributed by atoms with van der Waals surface area (Å²) >= 11 is 0. The standard InChI is InChI=1S/C17H23B2N4O4/c1-8(2)13(11-6-12(19-18)22-27-11)15(25)23-7-9(24)5-10(23)14-20-16(26)17(3,4)21-14/h6,8-10,13,24H,5,7H2,1-4H3,(H,20,21,26)/t9-,10+,13?/m1/s1. The molecule has 0 saturated carbocycles. The van der Waals surface area contributed by atoms with E-state index < -0.39 is 23.6 Å². The van der Waals surface area contributed by atoms with E-state index in [0.717, 1.165) is 0 Å². The molecule has 1 saturated heterocycles. The fourth-order valence-electron chi connectivity index (χ4n) is 3.57. The van der Waals surface area contributed by atoms with E-state index in [-0.39, 0.29) is 24.3 Å². The summed E-state index contributed by atoms with van der Waals surface area (Å²) < 4.78 is 5.33. The van der Waals surface area contributed by atoms with Gasteiger partial charge in [-0.05, 0) is 25.8 Å². The summed E-state index contributed by atoms with van der Waals surface area (Å²) in [5.74, 6) is -0.218. The first kappa shape index (κ1) is 19.7. The number of aliphatic hydroxyl groups excluding tert-OH is 1. The number of aliphatic imine (C=N–C) groups is 1. The molecule has 2 aliphatic rings. The van der Waals surface area contributed by atoms with Crippen molar-refractivity contribution in [2.45, 2.75) is 57.7 Å². The van der Waals surface area contributed by atoms with Gasteiger partial charge in [0.05, 0.1) is 12.1 Å². The number of rotatable bonds is 5. The molecule has 1 fully saturated rings. The number of hydrogen-bond acceptors (Lipinski definition) is 6. The predicted molar refractivity (Wildman–Crippen MR) is 101 cm³/mol. The number of hydrogen-bond donors (Lipinski definition) is 2. The number of aliphatic hydroxyl groups is 1. The van der Waals surface area contributed by atoms with Gasteiger partial charge in [0.1, 0.15) is 30.2 Å². The molecular weight excluding hydrogens is 346 g/mol. The van der Waals surface area contributed by atoms with Gasteiger partial charge in [0.15, 0.2) is 0 Å². The minimum absolute atomic E-state index is 0.0639. The van der Waals surface area contributed by atoms with Crippen molar-refractivity contribution < 1.29 is 19.2 Å². The number of amidine groups is 1. The first-order valence-electron chi connectivity index (χ1n) is 9.05. The molecule has 0 spiro atoms. The number of β-amino-alcohol motifs (C(OH)–C–C–N with tert-alkyl or cyclic N) is 1. The van der Waals surface area contributed by atoms with Crippen LogP contribution < -0.4 is 10.9 Å². The SMILES string of the molecule is [B][B]c1cc(C(C(=O)N2C[C@H](O)C[C@H]2C2=NC(C)(C)C(=O)N2)C(C)C)on1. The quantitative estimate of drug-likeness (QED) is 0.654. The van der Waals surface area contributed by atoms with Crippen LogP contribution in [0.25, 0.3) is 0 Å². The van der Waals surface area contributed by atoms with Crippen molar-refractivity contribution in [3.05, 3.63) is 11.8 Å². The second kappa shape index (κ2) is 7.14. The Balaban J connectivity index is 1.89. The Morgan fingerprint density at radius 3 is 2.74 bits per heavy atom. The lowest BCUT2D eigenvalue weighted by atomic mass is 9.53. The Kier molecular flexibility index (Phi) is 5.20. The van der Waals surface area contributed by atoms with Crippen LogP contribution in [0.2, 0.25) is 0 Å². The number of amides is 2. The zero-order valence-corrected chi connectivity index (χ0v) is 16.0. The van der Waals surface area contributed by atoms with Crippen molar-refractivity contribution in [2.75, 3.05) is 6.54 Å². The maximum Gasteiger partial charge on any atom is 0.252 e. The van der Waals surface area contributed by atoms with Crippen molar-refractivity contribution in [1.29, 1.82) is 0 Å². The van der Waals surface area contributed by atoms with Crippen molar-refractivity contribution >= 4 is 38.2 Å². The van der Waals surface area contributed by atoms with E-state index in [1.165, 1.54) is 7.17 Å². The number of nitrogens with one attached hydrogen (secondary N) is 1. The van der Waals surface area contributed by atoms with Gasteiger partial charge in [0, 0.05) is 26.3 Å². The van der Waals surface area contributed by atoms with Crippen LogP contribution in [0.1, 0.15) is 45.8 Å². The Morgan fingerprint density at radius 2 is 2.22 bits per heavy atom. The molecule has 27 heavy (non-hydrogen) atoms. The largest absolute Gasteiger partial charge is 0.391 e. The second-order valence-electron chi connectivity index (χ2n) is 7.95. The molecule has 10 heteroatoms. The summed E-state index contributed by atoms with van der Waals surface area (Å²) in [7, 11) is 6.77. The normalized spacial score (nSPS) is 25.5. The van der Waals surface area contributed by atoms with Gasteiger partial charge in [0.25, 0.3) is 5.91 Å². The van der Waals surface area contributed by atoms with Gasteiger partial charge in [-0.25, -0.2) is 0 Å². The molecule has 0 aliphatic carbocycles. The molecule has 1 aromatic heterocycles. The molecule has 1 aromatic rings. The third kappa shape index (κ3) is 3.67. The van der Waals surface area contributed by atoms with Crippen molar-refractivity contribution in [2.24, 2.45) is 10.9 Å². The lowest BCUT2D eigenvalue weighted by Gasteiger charge is -2.29. The zero-order chi connectivity index (χ0) is 19.9. The number of carbonyl (C=O) groups is 2. The van der Waals surface area contributed by atoms with Gasteiger partial charge in [-0.2, -0.15) is 0 Å². The van der Waals surface area contributed by atoms with Crippen LogP contribution in [0.3, 0.4) is 0 Å². The summed E-state index contributed by atoms with van der Waals surface area (Å²) in [6, 6.07) is 1.16. The van der Waals surface area contributed by atoms with Crippen molar-refractivity contribution in [3.8, 4) is 0 Å². The second-order valence-corrected chi connectivity index (χ2v) is 7.95. The van der Waals surface area contributed by atoms with Crippen LogP contribution in [-0.4, -0.2) is 71.9 Å². The lowest BCUT2D eigenvalue weighted by Crippen LogP contribution is -2.48. The highest BCUT2D eigenvalue weighted by Crippen LogP contribution is 2.31. The molecule has 141 valence electrons. The molecule has 0 aromatic carbocycles. The van der Waals surface area contributed by atoms with E-state index >= 15 is 0 Å². The van der Waals surface area contributed by atoms with Gasteiger partial charge in [0.2, 0.25) is 5.91 Å². The monoisotopic (exact) mass is 369 g/mol. The van der Waals surface area contributed by atoms with Crippen LogP contribution in [0.4, 0.5) is 0 Å². The van der Waals surface area contributed by atoms with Gasteiger partial charge in [-0.1, -0.05) is 19.0 Å². The first-order chi connectivity index (χ1) is 12.6. The highest BCUT2D eigenvalue weighted by atomic mass is 16.5. The number of nitrogens with zero attached hydrogens (tertiary/aromatic N) is 3. The Labute approximate surface area is 160 Å². The molecule has 2 amide bonds. The maximum atomic E-state index is 13.4. The summed E-state index contributed by atoms with van der Waals surface area (Å²) in [6.07, 6.45) is -0.359. The third-order valence-corrected chi connectivity index (χ3v) is 5.03. The molecular formula is C17H23B2N4O4. The molecule has 3 radical (unpaired) electrons. The molecule has 3 heterocycles. The zero-order valence-electron chi connectivity index (χ0n) is 16.0. The topological polar surface area (TPSA) is 108 Å². The van der Waals surface area contributed by atoms with E-state index in [0.29, 0.717) is 23.6 Å². The van der Waals surface area contributed by atoms with Crippen molar-refractivity contribution in [3.63, 3.8) is 0 Å². The highest BCUT2D eigenvalue weighted by Gasteiger charge is 2.46. The lowest BCUT2D eigenvalue weighted by molar-refractivity contribution is -0.134. The predicted octanol–water partition coefficient (Wildman–Crippen LogP) is -0.904. The summed E-state index contributed by atoms with van der Waals surface area (Å²) in [4.78, 5) is 31.5. The van der Waals surface area contributed by atoms with Gasteiger partial charge < -0.3 is 19.8 Å². The summed E-state index contributed by atoms with van der Waals surface area (Å²) in [5, 5.41) is 16.8. The van der Waals surface area contributed by atoms with Crippen LogP contribution >= 0.6 is 0 Å². The summed E-state index contributed by atoms with van der Waals surface area (Å²) in [5.41, 5.74) is -0.429. The Morgan fingerprint density at radius 1 is 1.52 bits per heavy atom. The average molecular weight is 369 g/mol. The minimum Gasteiger partial charge on any atom is -0.391 e. The van der Waals surface area contributed by atoms with Crippen LogP contribution in [0.15, 0.2) is 15.6 Å². The Bertz CT molecular complexity index is 777. The van der Waals surface area contributed by atoms with E-state index in [9.17, 15) is 14.7 Å². The Hall–Kier alpha value is -2.09.